The summed E-state index contributed by atoms with van der Waals surface area (Å²) >= 11 is 0. The summed E-state index contributed by atoms with van der Waals surface area (Å²) in [6.45, 7) is 0.719. The Morgan fingerprint density at radius 3 is 2.30 bits per heavy atom. The van der Waals surface area contributed by atoms with E-state index in [2.05, 4.69) is 10.6 Å². The predicted octanol–water partition coefficient (Wildman–Crippen LogP) is 5.91. The summed E-state index contributed by atoms with van der Waals surface area (Å²) in [5, 5.41) is 10.7. The van der Waals surface area contributed by atoms with E-state index < -0.39 is 24.3 Å². The number of piperazine rings is 1. The predicted molar refractivity (Wildman–Crippen MR) is 197 cm³/mol. The molecule has 12 heteroatoms. The number of hydrogen-bond donors (Lipinski definition) is 2. The van der Waals surface area contributed by atoms with Crippen molar-refractivity contribution in [1.82, 2.24) is 25.1 Å². The second-order valence-corrected chi connectivity index (χ2v) is 13.1. The first-order chi connectivity index (χ1) is 25.7. The van der Waals surface area contributed by atoms with E-state index in [-0.39, 0.29) is 50.3 Å². The number of hydrazine groups is 1. The van der Waals surface area contributed by atoms with Gasteiger partial charge in [-0.15, -0.1) is 0 Å². The second-order valence-electron chi connectivity index (χ2n) is 13.1. The molecule has 7 rings (SSSR count). The van der Waals surface area contributed by atoms with Crippen LogP contribution in [-0.4, -0.2) is 76.1 Å². The number of ether oxygens (including phenoxy) is 1. The fraction of sp³-hybridized carbons (Fsp3) is 0.220. The molecule has 0 saturated carbocycles. The van der Waals surface area contributed by atoms with E-state index in [9.17, 15) is 23.6 Å². The third kappa shape index (κ3) is 7.97. The summed E-state index contributed by atoms with van der Waals surface area (Å²) in [6.07, 6.45) is -0.980. The molecule has 270 valence electrons. The number of carbonyl (C=O) groups excluding carboxylic acids is 4. The molecule has 2 aliphatic rings. The zero-order valence-corrected chi connectivity index (χ0v) is 29.2. The molecule has 2 aliphatic heterocycles. The van der Waals surface area contributed by atoms with Crippen LogP contribution in [0.4, 0.5) is 19.7 Å². The number of urea groups is 1. The Balaban J connectivity index is 1.09. The highest BCUT2D eigenvalue weighted by atomic mass is 19.1. The number of carbonyl (C=O) groups is 4. The van der Waals surface area contributed by atoms with Crippen LogP contribution in [0.3, 0.4) is 0 Å². The molecule has 5 aromatic carbocycles. The first-order valence-corrected chi connectivity index (χ1v) is 17.4. The molecule has 5 amide bonds. The van der Waals surface area contributed by atoms with E-state index in [4.69, 9.17) is 4.74 Å². The Bertz CT molecular complexity index is 2110. The molecule has 0 aliphatic carbocycles. The van der Waals surface area contributed by atoms with Gasteiger partial charge in [0.2, 0.25) is 11.8 Å². The molecule has 0 aromatic heterocycles. The van der Waals surface area contributed by atoms with Gasteiger partial charge in [0.15, 0.2) is 0 Å². The van der Waals surface area contributed by atoms with Crippen LogP contribution in [0.5, 0.6) is 0 Å². The molecule has 2 saturated heterocycles. The standard InChI is InChI=1S/C41H39FN6O5/c1-45(40(51)43-23-29-14-18-33(42)19-15-29)47-26-38(49)48-36(22-28-16-20-34(21-17-28)44-41(52)53-27-30-8-3-2-4-9-30)39(50)46(25-37(47)48)24-32-12-7-11-31-10-5-6-13-35(31)32/h2-21,36-37H,22-27H2,1H3,(H,43,51)(H,44,52)/t36-,37+/m0/s1. The number of nitrogens with zero attached hydrogens (tertiary/aromatic N) is 4. The number of halogens is 1. The Morgan fingerprint density at radius 1 is 0.830 bits per heavy atom. The second kappa shape index (κ2) is 15.5. The zero-order chi connectivity index (χ0) is 36.9. The van der Waals surface area contributed by atoms with Gasteiger partial charge < -0.3 is 19.9 Å². The molecule has 2 N–H and O–H groups in total. The van der Waals surface area contributed by atoms with Crippen molar-refractivity contribution in [3.63, 3.8) is 0 Å². The molecule has 0 unspecified atom stereocenters. The maximum Gasteiger partial charge on any atom is 0.411 e. The highest BCUT2D eigenvalue weighted by molar-refractivity contribution is 5.92. The van der Waals surface area contributed by atoms with E-state index in [1.807, 2.05) is 84.9 Å². The molecule has 0 bridgehead atoms. The molecule has 2 fully saturated rings. The molecular weight excluding hydrogens is 675 g/mol. The Morgan fingerprint density at radius 2 is 1.53 bits per heavy atom. The van der Waals surface area contributed by atoms with Crippen LogP contribution in [-0.2, 0) is 40.4 Å². The van der Waals surface area contributed by atoms with E-state index >= 15 is 0 Å². The fourth-order valence-electron chi connectivity index (χ4n) is 6.92. The molecule has 53 heavy (non-hydrogen) atoms. The number of benzene rings is 5. The van der Waals surface area contributed by atoms with Gasteiger partial charge >= 0.3 is 12.1 Å². The number of hydrogen-bond acceptors (Lipinski definition) is 6. The van der Waals surface area contributed by atoms with Gasteiger partial charge in [0.05, 0.1) is 13.1 Å². The number of fused-ring (bicyclic) bond motifs is 2. The fourth-order valence-corrected chi connectivity index (χ4v) is 6.92. The topological polar surface area (TPSA) is 115 Å². The lowest BCUT2D eigenvalue weighted by Crippen LogP contribution is -2.65. The summed E-state index contributed by atoms with van der Waals surface area (Å²) in [7, 11) is 1.59. The highest BCUT2D eigenvalue weighted by Crippen LogP contribution is 2.31. The van der Waals surface area contributed by atoms with Crippen LogP contribution in [0.2, 0.25) is 0 Å². The molecule has 11 nitrogen and oxygen atoms in total. The minimum Gasteiger partial charge on any atom is -0.444 e. The molecular formula is C41H39FN6O5. The summed E-state index contributed by atoms with van der Waals surface area (Å²) in [4.78, 5) is 57.3. The smallest absolute Gasteiger partial charge is 0.411 e. The summed E-state index contributed by atoms with van der Waals surface area (Å²) in [5.74, 6) is -0.829. The van der Waals surface area contributed by atoms with Crippen LogP contribution in [0.15, 0.2) is 121 Å². The van der Waals surface area contributed by atoms with Gasteiger partial charge in [0.25, 0.3) is 0 Å². The van der Waals surface area contributed by atoms with Crippen LogP contribution in [0, 0.1) is 5.82 Å². The number of rotatable bonds is 10. The monoisotopic (exact) mass is 714 g/mol. The zero-order valence-electron chi connectivity index (χ0n) is 29.2. The van der Waals surface area contributed by atoms with Gasteiger partial charge in [0, 0.05) is 32.2 Å². The lowest BCUT2D eigenvalue weighted by Gasteiger charge is -2.46. The lowest BCUT2D eigenvalue weighted by molar-refractivity contribution is -0.157. The van der Waals surface area contributed by atoms with Crippen molar-refractivity contribution in [3.05, 3.63) is 149 Å². The van der Waals surface area contributed by atoms with Crippen LogP contribution >= 0.6 is 0 Å². The van der Waals surface area contributed by atoms with Crippen molar-refractivity contribution in [2.24, 2.45) is 0 Å². The minimum absolute atomic E-state index is 0.0923. The normalized spacial score (nSPS) is 17.1. The maximum absolute atomic E-state index is 14.4. The first kappa shape index (κ1) is 35.1. The third-order valence-electron chi connectivity index (χ3n) is 9.69. The van der Waals surface area contributed by atoms with E-state index in [0.717, 1.165) is 33.0 Å². The van der Waals surface area contributed by atoms with Gasteiger partial charge in [-0.1, -0.05) is 97.1 Å². The van der Waals surface area contributed by atoms with Crippen molar-refractivity contribution in [1.29, 1.82) is 0 Å². The average molecular weight is 715 g/mol. The van der Waals surface area contributed by atoms with Gasteiger partial charge in [-0.2, -0.15) is 5.01 Å². The third-order valence-corrected chi connectivity index (χ3v) is 9.69. The number of anilines is 1. The van der Waals surface area contributed by atoms with Crippen LogP contribution < -0.4 is 10.6 Å². The Hall–Kier alpha value is -6.27. The first-order valence-electron chi connectivity index (χ1n) is 17.4. The van der Waals surface area contributed by atoms with Crippen LogP contribution in [0.25, 0.3) is 10.8 Å². The van der Waals surface area contributed by atoms with Gasteiger partial charge in [0.1, 0.15) is 24.6 Å². The van der Waals surface area contributed by atoms with Crippen LogP contribution in [0.1, 0.15) is 22.3 Å². The molecule has 2 atom stereocenters. The summed E-state index contributed by atoms with van der Waals surface area (Å²) in [5.41, 5.74) is 3.87. The molecule has 5 aromatic rings. The Kier molecular flexibility index (Phi) is 10.3. The van der Waals surface area contributed by atoms with Crippen molar-refractivity contribution in [2.45, 2.75) is 38.3 Å². The van der Waals surface area contributed by atoms with Crippen molar-refractivity contribution < 1.29 is 28.3 Å². The van der Waals surface area contributed by atoms with E-state index in [1.165, 1.54) is 17.1 Å². The highest BCUT2D eigenvalue weighted by Gasteiger charge is 2.51. The number of amides is 5. The van der Waals surface area contributed by atoms with Gasteiger partial charge in [-0.25, -0.2) is 14.0 Å². The molecule has 0 radical (unpaired) electrons. The van der Waals surface area contributed by atoms with Crippen molar-refractivity contribution in [2.75, 3.05) is 25.5 Å². The van der Waals surface area contributed by atoms with E-state index in [0.29, 0.717) is 12.2 Å². The SMILES string of the molecule is CN(C(=O)NCc1ccc(F)cc1)N1CC(=O)N2[C@@H](Cc3ccc(NC(=O)OCc4ccccc4)cc3)C(=O)N(Cc3cccc4ccccc34)C[C@@H]21. The largest absolute Gasteiger partial charge is 0.444 e. The van der Waals surface area contributed by atoms with Crippen molar-refractivity contribution in [3.8, 4) is 0 Å². The van der Waals surface area contributed by atoms with Gasteiger partial charge in [-0.05, 0) is 57.3 Å². The lowest BCUT2D eigenvalue weighted by atomic mass is 9.98. The Labute approximate surface area is 306 Å². The maximum atomic E-state index is 14.4. The average Bonchev–Trinajstić information content (AvgIpc) is 3.51. The van der Waals surface area contributed by atoms with E-state index in [1.54, 1.807) is 46.1 Å². The summed E-state index contributed by atoms with van der Waals surface area (Å²) < 4.78 is 18.7. The minimum atomic E-state index is -0.841. The van der Waals surface area contributed by atoms with Gasteiger partial charge in [-0.3, -0.25) is 19.9 Å². The summed E-state index contributed by atoms with van der Waals surface area (Å²) in [6, 6.07) is 35.0. The quantitative estimate of drug-likeness (QED) is 0.186. The van der Waals surface area contributed by atoms with Crippen molar-refractivity contribution >= 4 is 40.4 Å². The number of nitrogens with one attached hydrogen (secondary N) is 2. The molecule has 2 heterocycles. The molecule has 0 spiro atoms.